The van der Waals surface area contributed by atoms with E-state index in [9.17, 15) is 70.9 Å². The minimum Gasteiger partial charge on any atom is -0.493 e. The average molecular weight is 2020 g/mol. The maximum Gasteiger partial charge on any atom is 0.535 e. The van der Waals surface area contributed by atoms with Crippen molar-refractivity contribution in [3.8, 4) is 57.5 Å². The standard InChI is InChI=1S/C18H14ClN3O7S.C18H15N3O7S.C18H15N3O6S.C18H18N2O8S.C12H11N3O6S/c1-26-14-7-10-6-11(30(24,25)16(10)8-15(14)27-2)9-28-18(23)29-22-13-5-3-4-12(19)17(13)20-21-22;1-25-15-8-11-7-12(29(23,24)17(11)9-16(15)26-2)10-27-18(22)28-21-14-6-4-3-5-13(14)19-20-21;1-25-15-8-11-7-12(28(23,24)17(11)9-16(15)26-2)10-27-18(22)21-14-6-4-3-5-13(14)19-20-21;1-5-27-18(22)17(19-2)20-9-16(21)28-10-12-6-11-7-13(25-3)14(26-4)8-15(11)29(12,23)24;1-19-9-4-7-3-8(6-21-12(16)14-15-13)22(17,18)11(7)5-10(9)20-2/h3-8H,9H2,1-2H3;3-9H,10H2,1-2H3;3-9H,10H2,1-2H3;6-8H,5,9-10H2,1,3-4H3;3-5H,6H2,1-2H3. The molecule has 138 heavy (non-hydrogen) atoms. The molecule has 3 aromatic heterocycles. The molecule has 0 bridgehead atoms. The van der Waals surface area contributed by atoms with Gasteiger partial charge in [0.05, 0.1) is 132 Å². The molecule has 16 rings (SSSR count). The Bertz CT molecular complexity index is 7690. The van der Waals surface area contributed by atoms with Crippen LogP contribution in [0.3, 0.4) is 0 Å². The Morgan fingerprint density at radius 3 is 1.10 bits per heavy atom. The molecule has 0 atom stereocenters. The third-order valence-electron chi connectivity index (χ3n) is 19.7. The number of aliphatic imine (C=N–C) groups is 1. The van der Waals surface area contributed by atoms with E-state index in [2.05, 4.69) is 60.3 Å². The fourth-order valence-electron chi connectivity index (χ4n) is 13.1. The normalized spacial score (nSPS) is 14.3. The molecular formula is C84H73ClN14O34S5. The quantitative estimate of drug-likeness (QED) is 0.00590. The molecule has 0 fully saturated rings. The zero-order valence-corrected chi connectivity index (χ0v) is 78.4. The molecule has 0 spiro atoms. The van der Waals surface area contributed by atoms with Gasteiger partial charge in [0.15, 0.2) is 57.5 Å². The van der Waals surface area contributed by atoms with E-state index in [-0.39, 0.29) is 78.6 Å². The van der Waals surface area contributed by atoms with E-state index >= 15 is 0 Å². The maximum absolute atomic E-state index is 12.8. The van der Waals surface area contributed by atoms with Crippen molar-refractivity contribution in [3.05, 3.63) is 207 Å². The van der Waals surface area contributed by atoms with Crippen LogP contribution in [0.2, 0.25) is 5.02 Å². The van der Waals surface area contributed by atoms with Gasteiger partial charge < -0.3 is 80.6 Å². The van der Waals surface area contributed by atoms with Gasteiger partial charge in [0, 0.05) is 40.4 Å². The second-order valence-corrected chi connectivity index (χ2v) is 37.8. The van der Waals surface area contributed by atoms with Crippen LogP contribution in [0.4, 0.5) is 19.2 Å². The zero-order valence-electron chi connectivity index (χ0n) is 73.5. The Labute approximate surface area is 786 Å². The Morgan fingerprint density at radius 2 is 0.725 bits per heavy atom. The molecule has 1 amide bonds. The minimum atomic E-state index is -3.87. The first-order valence-corrected chi connectivity index (χ1v) is 46.8. The third kappa shape index (κ3) is 21.4. The van der Waals surface area contributed by atoms with Crippen molar-refractivity contribution in [2.24, 2.45) is 10.1 Å². The van der Waals surface area contributed by atoms with Crippen LogP contribution >= 0.6 is 11.6 Å². The lowest BCUT2D eigenvalue weighted by molar-refractivity contribution is -0.140. The number of carbonyl (C=O) groups is 6. The topological polar surface area (TPSA) is 597 Å². The van der Waals surface area contributed by atoms with Gasteiger partial charge in [0.25, 0.3) is 0 Å². The van der Waals surface area contributed by atoms with E-state index in [1.165, 1.54) is 150 Å². The lowest BCUT2D eigenvalue weighted by Gasteiger charge is -2.10. The molecule has 720 valence electrons. The van der Waals surface area contributed by atoms with E-state index < -0.39 is 131 Å². The summed E-state index contributed by atoms with van der Waals surface area (Å²) in [6, 6.07) is 33.0. The van der Waals surface area contributed by atoms with Gasteiger partial charge in [0.1, 0.15) is 66.1 Å². The number of sulfone groups is 5. The Hall–Kier alpha value is -16.4. The Morgan fingerprint density at radius 1 is 0.399 bits per heavy atom. The molecule has 0 unspecified atom stereocenters. The number of amides is 1. The van der Waals surface area contributed by atoms with Gasteiger partial charge in [-0.1, -0.05) is 63.4 Å². The lowest BCUT2D eigenvalue weighted by Crippen LogP contribution is -2.23. The summed E-state index contributed by atoms with van der Waals surface area (Å²) < 4.78 is 208. The van der Waals surface area contributed by atoms with E-state index in [4.69, 9.17) is 99.7 Å². The average Bonchev–Trinajstić information content (AvgIpc) is 1.62. The Balaban J connectivity index is 0.000000155. The fourth-order valence-corrected chi connectivity index (χ4v) is 20.6. The second-order valence-electron chi connectivity index (χ2n) is 27.5. The second kappa shape index (κ2) is 42.9. The summed E-state index contributed by atoms with van der Waals surface area (Å²) in [5.74, 6) is 0.816. The molecule has 48 nitrogen and oxygen atoms in total. The summed E-state index contributed by atoms with van der Waals surface area (Å²) in [6.07, 6.45) is 2.66. The molecule has 5 aliphatic rings. The summed E-state index contributed by atoms with van der Waals surface area (Å²) in [5, 5.41) is 25.7. The number of hydrogen-bond donors (Lipinski definition) is 0. The van der Waals surface area contributed by atoms with Gasteiger partial charge in [-0.3, -0.25) is 14.5 Å². The molecule has 11 aromatic rings. The molecule has 0 N–H and O–H groups in total. The number of hydrogen-bond acceptors (Lipinski definition) is 41. The number of halogens is 1. The zero-order chi connectivity index (χ0) is 99.9. The summed E-state index contributed by atoms with van der Waals surface area (Å²) in [4.78, 5) is 90.7. The lowest BCUT2D eigenvalue weighted by atomic mass is 10.2. The molecule has 5 aliphatic heterocycles. The van der Waals surface area contributed by atoms with Crippen LogP contribution in [-0.2, 0) is 87.2 Å². The number of nitrogens with zero attached hydrogens (tertiary/aromatic N) is 14. The maximum atomic E-state index is 12.8. The third-order valence-corrected chi connectivity index (χ3v) is 29.3. The monoisotopic (exact) mass is 2020 g/mol. The van der Waals surface area contributed by atoms with Gasteiger partial charge in [-0.2, -0.15) is 0 Å². The van der Waals surface area contributed by atoms with Gasteiger partial charge in [0.2, 0.25) is 55.7 Å². The van der Waals surface area contributed by atoms with E-state index in [1.807, 2.05) is 0 Å². The number of methoxy groups -OCH3 is 10. The fraction of sp³-hybridized carbons (Fsp3) is 0.214. The predicted molar refractivity (Wildman–Crippen MR) is 481 cm³/mol. The predicted octanol–water partition coefficient (Wildman–Crippen LogP) is 10.1. The highest BCUT2D eigenvalue weighted by Gasteiger charge is 2.39. The van der Waals surface area contributed by atoms with Crippen molar-refractivity contribution >= 4 is 167 Å². The Kier molecular flexibility index (Phi) is 31.2. The first-order chi connectivity index (χ1) is 65.9. The van der Waals surface area contributed by atoms with Crippen molar-refractivity contribution in [3.63, 3.8) is 0 Å². The number of carbonyl (C=O) groups excluding carboxylic acids is 6. The van der Waals surface area contributed by atoms with Crippen LogP contribution in [0.15, 0.2) is 187 Å². The van der Waals surface area contributed by atoms with Crippen LogP contribution in [-0.4, -0.2) is 247 Å². The number of ether oxygens (including phenoxy) is 16. The number of fused-ring (bicyclic) bond motifs is 8. The van der Waals surface area contributed by atoms with Crippen LogP contribution < -0.4 is 57.0 Å². The van der Waals surface area contributed by atoms with Gasteiger partial charge in [-0.05, 0) is 148 Å². The van der Waals surface area contributed by atoms with Gasteiger partial charge >= 0.3 is 42.3 Å². The highest BCUT2D eigenvalue weighted by atomic mass is 35.5. The summed E-state index contributed by atoms with van der Waals surface area (Å²) >= 11 is 5.99. The molecule has 0 saturated heterocycles. The smallest absolute Gasteiger partial charge is 0.493 e. The molecule has 0 aliphatic carbocycles. The highest BCUT2D eigenvalue weighted by molar-refractivity contribution is 7.97. The minimum absolute atomic E-state index is 0.0109. The molecule has 54 heteroatoms. The molecule has 0 radical (unpaired) electrons. The number of azide groups is 1. The molecule has 8 heterocycles. The van der Waals surface area contributed by atoms with E-state index in [0.717, 1.165) is 14.4 Å². The SMILES string of the molecule is COc1cc2c(cc1OC)S(=O)(=O)C(COC(=O)N=[N+]=[N-])=C2.COc1cc2c(cc1OC)S(=O)(=O)C(COC(=O)On1nnc3c(Cl)cccc31)=C2.COc1cc2c(cc1OC)S(=O)(=O)C(COC(=O)On1nnc3ccccc31)=C2.COc1cc2c(cc1OC)S(=O)(=O)C(COC(=O)n1nnc3ccccc31)=C2.[C-]#[N+]C(=NCC(=O)OCC1=Cc2cc(OC)c(OC)cc2S1(=O)=O)C(=O)OCC. The largest absolute Gasteiger partial charge is 0.535 e. The van der Waals surface area contributed by atoms with Gasteiger partial charge in [-0.15, -0.1) is 25.0 Å². The van der Waals surface area contributed by atoms with Crippen molar-refractivity contribution in [2.75, 3.05) is 117 Å². The summed E-state index contributed by atoms with van der Waals surface area (Å²) in [7, 11) is -4.96. The van der Waals surface area contributed by atoms with Crippen LogP contribution in [0, 0.1) is 6.57 Å². The van der Waals surface area contributed by atoms with Crippen LogP contribution in [0.1, 0.15) is 34.7 Å². The highest BCUT2D eigenvalue weighted by Crippen LogP contribution is 2.46. The first-order valence-electron chi connectivity index (χ1n) is 39.0. The number of para-hydroxylation sites is 2. The number of rotatable bonds is 25. The number of esters is 2. The number of benzene rings is 8. The molecule has 0 saturated carbocycles. The van der Waals surface area contributed by atoms with Crippen molar-refractivity contribution in [2.45, 2.75) is 31.4 Å². The number of amidine groups is 1. The van der Waals surface area contributed by atoms with Crippen molar-refractivity contribution < 1.29 is 156 Å². The van der Waals surface area contributed by atoms with Gasteiger partial charge in [-0.25, -0.2) is 66.1 Å². The van der Waals surface area contributed by atoms with Crippen molar-refractivity contribution in [1.82, 2.24) is 45.3 Å². The molecule has 8 aromatic carbocycles. The molecular weight excluding hydrogens is 1940 g/mol. The van der Waals surface area contributed by atoms with E-state index in [1.54, 1.807) is 85.8 Å². The van der Waals surface area contributed by atoms with Crippen LogP contribution in [0.25, 0.3) is 78.8 Å². The first kappa shape index (κ1) is 101. The van der Waals surface area contributed by atoms with Crippen molar-refractivity contribution in [1.29, 1.82) is 0 Å². The summed E-state index contributed by atoms with van der Waals surface area (Å²) in [5.41, 5.74) is 12.8. The van der Waals surface area contributed by atoms with Crippen LogP contribution in [0.5, 0.6) is 57.5 Å². The van der Waals surface area contributed by atoms with E-state index in [0.29, 0.717) is 100 Å². The summed E-state index contributed by atoms with van der Waals surface area (Å²) in [6.45, 7) is 5.34. The number of aromatic nitrogens is 9.